The molecule has 0 spiro atoms. The molecule has 3 nitrogen and oxygen atoms in total. The standard InChI is InChI=1S/C12H17ClINO2S/c1-5-12(3,4)15-18(16,17)10-7-6-9(14)11(13)8(10)2/h6-7,15H,5H2,1-4H3. The summed E-state index contributed by atoms with van der Waals surface area (Å²) in [6.45, 7) is 7.37. The van der Waals surface area contributed by atoms with Crippen molar-refractivity contribution in [2.24, 2.45) is 0 Å². The first-order chi connectivity index (χ1) is 8.10. The topological polar surface area (TPSA) is 46.2 Å². The Morgan fingerprint density at radius 1 is 1.39 bits per heavy atom. The number of sulfonamides is 1. The second-order valence-electron chi connectivity index (χ2n) is 4.83. The molecule has 0 aliphatic carbocycles. The highest BCUT2D eigenvalue weighted by atomic mass is 127. The number of benzene rings is 1. The zero-order chi connectivity index (χ0) is 14.1. The van der Waals surface area contributed by atoms with Gasteiger partial charge < -0.3 is 0 Å². The van der Waals surface area contributed by atoms with Crippen LogP contribution in [0.15, 0.2) is 17.0 Å². The quantitative estimate of drug-likeness (QED) is 0.782. The number of halogens is 2. The van der Waals surface area contributed by atoms with E-state index in [0.29, 0.717) is 17.0 Å². The fraction of sp³-hybridized carbons (Fsp3) is 0.500. The molecule has 0 aliphatic rings. The van der Waals surface area contributed by atoms with Gasteiger partial charge in [0.05, 0.1) is 9.92 Å². The van der Waals surface area contributed by atoms with E-state index in [2.05, 4.69) is 27.3 Å². The Morgan fingerprint density at radius 2 is 1.94 bits per heavy atom. The minimum absolute atomic E-state index is 0.245. The van der Waals surface area contributed by atoms with Gasteiger partial charge in [0, 0.05) is 9.11 Å². The minimum atomic E-state index is -3.54. The lowest BCUT2D eigenvalue weighted by Crippen LogP contribution is -2.42. The Labute approximate surface area is 127 Å². The van der Waals surface area contributed by atoms with Gasteiger partial charge in [0.25, 0.3) is 0 Å². The van der Waals surface area contributed by atoms with E-state index in [-0.39, 0.29) is 4.90 Å². The van der Waals surface area contributed by atoms with E-state index in [0.717, 1.165) is 3.57 Å². The predicted octanol–water partition coefficient (Wildman–Crippen LogP) is 3.72. The molecule has 18 heavy (non-hydrogen) atoms. The Bertz CT molecular complexity index is 555. The van der Waals surface area contributed by atoms with Crippen LogP contribution in [-0.4, -0.2) is 14.0 Å². The number of nitrogens with one attached hydrogen (secondary N) is 1. The van der Waals surface area contributed by atoms with Crippen LogP contribution in [0.2, 0.25) is 5.02 Å². The molecule has 0 atom stereocenters. The average Bonchev–Trinajstić information content (AvgIpc) is 2.24. The van der Waals surface area contributed by atoms with Crippen molar-refractivity contribution in [2.75, 3.05) is 0 Å². The summed E-state index contributed by atoms with van der Waals surface area (Å²) in [6.07, 6.45) is 0.712. The summed E-state index contributed by atoms with van der Waals surface area (Å²) >= 11 is 8.18. The lowest BCUT2D eigenvalue weighted by Gasteiger charge is -2.24. The summed E-state index contributed by atoms with van der Waals surface area (Å²) in [5.41, 5.74) is 0.115. The molecule has 0 heterocycles. The van der Waals surface area contributed by atoms with Crippen LogP contribution in [0.3, 0.4) is 0 Å². The number of rotatable bonds is 4. The molecule has 1 N–H and O–H groups in total. The summed E-state index contributed by atoms with van der Waals surface area (Å²) < 4.78 is 28.2. The highest BCUT2D eigenvalue weighted by molar-refractivity contribution is 14.1. The molecular weight excluding hydrogens is 385 g/mol. The lowest BCUT2D eigenvalue weighted by molar-refractivity contribution is 0.439. The highest BCUT2D eigenvalue weighted by Gasteiger charge is 2.26. The molecular formula is C12H17ClINO2S. The summed E-state index contributed by atoms with van der Waals surface area (Å²) in [7, 11) is -3.54. The average molecular weight is 402 g/mol. The van der Waals surface area contributed by atoms with Crippen LogP contribution in [0.4, 0.5) is 0 Å². The van der Waals surface area contributed by atoms with Crippen LogP contribution >= 0.6 is 34.2 Å². The van der Waals surface area contributed by atoms with E-state index in [1.807, 2.05) is 20.8 Å². The van der Waals surface area contributed by atoms with Crippen LogP contribution in [0.25, 0.3) is 0 Å². The van der Waals surface area contributed by atoms with Gasteiger partial charge in [-0.2, -0.15) is 0 Å². The van der Waals surface area contributed by atoms with Crippen molar-refractivity contribution in [3.8, 4) is 0 Å². The van der Waals surface area contributed by atoms with Crippen LogP contribution < -0.4 is 4.72 Å². The van der Waals surface area contributed by atoms with Gasteiger partial charge in [-0.25, -0.2) is 13.1 Å². The monoisotopic (exact) mass is 401 g/mol. The molecule has 102 valence electrons. The van der Waals surface area contributed by atoms with Crippen molar-refractivity contribution in [3.05, 3.63) is 26.3 Å². The Kier molecular flexibility index (Phi) is 5.08. The highest BCUT2D eigenvalue weighted by Crippen LogP contribution is 2.28. The van der Waals surface area contributed by atoms with Crippen LogP contribution in [0.5, 0.6) is 0 Å². The van der Waals surface area contributed by atoms with Crippen molar-refractivity contribution in [2.45, 2.75) is 44.6 Å². The summed E-state index contributed by atoms with van der Waals surface area (Å²) in [4.78, 5) is 0.245. The molecule has 0 amide bonds. The first-order valence-electron chi connectivity index (χ1n) is 5.59. The Hall–Kier alpha value is 0.150. The van der Waals surface area contributed by atoms with Gasteiger partial charge in [0.2, 0.25) is 10.0 Å². The molecule has 1 aromatic rings. The van der Waals surface area contributed by atoms with Crippen LogP contribution in [0.1, 0.15) is 32.8 Å². The molecule has 0 saturated heterocycles. The van der Waals surface area contributed by atoms with E-state index in [4.69, 9.17) is 11.6 Å². The largest absolute Gasteiger partial charge is 0.241 e. The van der Waals surface area contributed by atoms with Crippen molar-refractivity contribution < 1.29 is 8.42 Å². The van der Waals surface area contributed by atoms with Gasteiger partial charge in [-0.3, -0.25) is 0 Å². The van der Waals surface area contributed by atoms with E-state index < -0.39 is 15.6 Å². The van der Waals surface area contributed by atoms with Gasteiger partial charge in [-0.15, -0.1) is 0 Å². The van der Waals surface area contributed by atoms with Crippen molar-refractivity contribution in [3.63, 3.8) is 0 Å². The predicted molar refractivity (Wildman–Crippen MR) is 83.6 cm³/mol. The van der Waals surface area contributed by atoms with Crippen molar-refractivity contribution in [1.29, 1.82) is 0 Å². The molecule has 0 aliphatic heterocycles. The zero-order valence-electron chi connectivity index (χ0n) is 10.8. The van der Waals surface area contributed by atoms with Gasteiger partial charge in [0.15, 0.2) is 0 Å². The maximum atomic E-state index is 12.3. The smallest absolute Gasteiger partial charge is 0.207 e. The molecule has 0 radical (unpaired) electrons. The minimum Gasteiger partial charge on any atom is -0.207 e. The third kappa shape index (κ3) is 3.59. The van der Waals surface area contributed by atoms with E-state index >= 15 is 0 Å². The molecule has 6 heteroatoms. The molecule has 0 bridgehead atoms. The molecule has 0 unspecified atom stereocenters. The third-order valence-corrected chi connectivity index (χ3v) is 6.42. The van der Waals surface area contributed by atoms with Crippen LogP contribution in [0, 0.1) is 10.5 Å². The first kappa shape index (κ1) is 16.2. The van der Waals surface area contributed by atoms with Gasteiger partial charge in [-0.05, 0) is 67.5 Å². The van der Waals surface area contributed by atoms with Crippen molar-refractivity contribution >= 4 is 44.2 Å². The summed E-state index contributed by atoms with van der Waals surface area (Å²) in [5.74, 6) is 0. The Morgan fingerprint density at radius 3 is 2.44 bits per heavy atom. The maximum Gasteiger partial charge on any atom is 0.241 e. The second kappa shape index (κ2) is 5.64. The molecule has 0 saturated carbocycles. The fourth-order valence-electron chi connectivity index (χ4n) is 1.42. The number of hydrogen-bond acceptors (Lipinski definition) is 2. The summed E-state index contributed by atoms with van der Waals surface area (Å²) in [6, 6.07) is 3.31. The van der Waals surface area contributed by atoms with Crippen molar-refractivity contribution in [1.82, 2.24) is 4.72 Å². The zero-order valence-corrected chi connectivity index (χ0v) is 14.6. The fourth-order valence-corrected chi connectivity index (χ4v) is 3.96. The SMILES string of the molecule is CCC(C)(C)NS(=O)(=O)c1ccc(I)c(Cl)c1C. The maximum absolute atomic E-state index is 12.3. The third-order valence-electron chi connectivity index (χ3n) is 2.87. The lowest BCUT2D eigenvalue weighted by atomic mass is 10.0. The van der Waals surface area contributed by atoms with E-state index in [9.17, 15) is 8.42 Å². The molecule has 1 aromatic carbocycles. The van der Waals surface area contributed by atoms with Gasteiger partial charge >= 0.3 is 0 Å². The van der Waals surface area contributed by atoms with Gasteiger partial charge in [-0.1, -0.05) is 18.5 Å². The molecule has 1 rings (SSSR count). The molecule has 0 fully saturated rings. The number of hydrogen-bond donors (Lipinski definition) is 1. The Balaban J connectivity index is 3.27. The van der Waals surface area contributed by atoms with Gasteiger partial charge in [0.1, 0.15) is 0 Å². The van der Waals surface area contributed by atoms with E-state index in [1.165, 1.54) is 0 Å². The second-order valence-corrected chi connectivity index (χ2v) is 8.02. The van der Waals surface area contributed by atoms with Crippen LogP contribution in [-0.2, 0) is 10.0 Å². The molecule has 0 aromatic heterocycles. The normalized spacial score (nSPS) is 12.8. The first-order valence-corrected chi connectivity index (χ1v) is 8.53. The van der Waals surface area contributed by atoms with E-state index in [1.54, 1.807) is 19.1 Å². The summed E-state index contributed by atoms with van der Waals surface area (Å²) in [5, 5.41) is 0.493.